The van der Waals surface area contributed by atoms with Crippen molar-refractivity contribution in [3.63, 3.8) is 0 Å². The highest BCUT2D eigenvalue weighted by Crippen LogP contribution is 2.26. The number of aromatic nitrogens is 4. The molecule has 1 aromatic carbocycles. The maximum atomic E-state index is 13.0. The molecule has 154 valence electrons. The molecular formula is C21H27N5O2S. The molecule has 0 saturated carbocycles. The third-order valence-electron chi connectivity index (χ3n) is 4.94. The van der Waals surface area contributed by atoms with Crippen LogP contribution in [-0.4, -0.2) is 46.1 Å². The molecule has 3 rings (SSSR count). The summed E-state index contributed by atoms with van der Waals surface area (Å²) in [6.07, 6.45) is 4.20. The highest BCUT2D eigenvalue weighted by Gasteiger charge is 2.21. The zero-order valence-electron chi connectivity index (χ0n) is 17.5. The Morgan fingerprint density at radius 1 is 1.03 bits per heavy atom. The van der Waals surface area contributed by atoms with E-state index in [1.807, 2.05) is 44.5 Å². The van der Waals surface area contributed by atoms with Gasteiger partial charge >= 0.3 is 0 Å². The molecule has 2 aromatic heterocycles. The Bertz CT molecular complexity index is 1100. The average molecular weight is 414 g/mol. The molecule has 0 aliphatic rings. The lowest BCUT2D eigenvalue weighted by molar-refractivity contribution is 0.435. The van der Waals surface area contributed by atoms with Crippen LogP contribution in [0.3, 0.4) is 0 Å². The quantitative estimate of drug-likeness (QED) is 0.594. The lowest BCUT2D eigenvalue weighted by Gasteiger charge is -2.18. The Balaban J connectivity index is 1.71. The summed E-state index contributed by atoms with van der Waals surface area (Å²) in [6, 6.07) is 7.20. The van der Waals surface area contributed by atoms with Crippen LogP contribution in [0, 0.1) is 27.7 Å². The molecule has 0 saturated heterocycles. The van der Waals surface area contributed by atoms with Gasteiger partial charge in [-0.3, -0.25) is 4.68 Å². The standard InChI is InChI=1S/C21H27N5O2S/c1-15-11-20(7-8-21(15)19-13-22-18(4)23-14-19)29(27,28)25(5)9-6-10-26-17(3)12-16(2)24-26/h7-8,11-14H,6,9-10H2,1-5H3. The molecule has 0 bridgehead atoms. The van der Waals surface area contributed by atoms with Crippen LogP contribution in [0.25, 0.3) is 11.1 Å². The normalized spacial score (nSPS) is 11.9. The molecule has 0 amide bonds. The van der Waals surface area contributed by atoms with Crippen molar-refractivity contribution in [3.05, 3.63) is 59.4 Å². The Labute approximate surface area is 172 Å². The summed E-state index contributed by atoms with van der Waals surface area (Å²) in [5, 5.41) is 4.42. The van der Waals surface area contributed by atoms with Crippen LogP contribution >= 0.6 is 0 Å². The third kappa shape index (κ3) is 4.71. The maximum absolute atomic E-state index is 13.0. The molecule has 3 aromatic rings. The molecule has 0 spiro atoms. The summed E-state index contributed by atoms with van der Waals surface area (Å²) >= 11 is 0. The summed E-state index contributed by atoms with van der Waals surface area (Å²) in [4.78, 5) is 8.73. The second-order valence-electron chi connectivity index (χ2n) is 7.33. The lowest BCUT2D eigenvalue weighted by Crippen LogP contribution is -2.28. The van der Waals surface area contributed by atoms with Crippen LogP contribution in [0.4, 0.5) is 0 Å². The number of aryl methyl sites for hydroxylation is 5. The van der Waals surface area contributed by atoms with Crippen molar-refractivity contribution in [3.8, 4) is 11.1 Å². The van der Waals surface area contributed by atoms with Gasteiger partial charge in [0.25, 0.3) is 0 Å². The van der Waals surface area contributed by atoms with E-state index >= 15 is 0 Å². The van der Waals surface area contributed by atoms with Crippen LogP contribution in [0.5, 0.6) is 0 Å². The minimum absolute atomic E-state index is 0.292. The smallest absolute Gasteiger partial charge is 0.242 e. The second kappa shape index (κ2) is 8.42. The van der Waals surface area contributed by atoms with E-state index < -0.39 is 10.0 Å². The van der Waals surface area contributed by atoms with E-state index in [9.17, 15) is 8.42 Å². The fourth-order valence-electron chi connectivity index (χ4n) is 3.30. The Morgan fingerprint density at radius 2 is 1.72 bits per heavy atom. The van der Waals surface area contributed by atoms with Gasteiger partial charge in [-0.1, -0.05) is 6.07 Å². The molecule has 8 heteroatoms. The lowest BCUT2D eigenvalue weighted by atomic mass is 10.0. The van der Waals surface area contributed by atoms with E-state index in [-0.39, 0.29) is 0 Å². The number of rotatable bonds is 7. The van der Waals surface area contributed by atoms with Crippen LogP contribution in [0.2, 0.25) is 0 Å². The molecule has 0 aliphatic carbocycles. The topological polar surface area (TPSA) is 81.0 Å². The summed E-state index contributed by atoms with van der Waals surface area (Å²) in [6.45, 7) is 8.80. The van der Waals surface area contributed by atoms with E-state index in [2.05, 4.69) is 15.1 Å². The van der Waals surface area contributed by atoms with Gasteiger partial charge in [0.1, 0.15) is 5.82 Å². The number of sulfonamides is 1. The summed E-state index contributed by atoms with van der Waals surface area (Å²) in [5.41, 5.74) is 4.72. The van der Waals surface area contributed by atoms with Crippen molar-refractivity contribution in [1.82, 2.24) is 24.1 Å². The van der Waals surface area contributed by atoms with Crippen LogP contribution in [0.15, 0.2) is 41.6 Å². The van der Waals surface area contributed by atoms with Gasteiger partial charge in [-0.05, 0) is 63.4 Å². The monoisotopic (exact) mass is 413 g/mol. The van der Waals surface area contributed by atoms with Crippen molar-refractivity contribution >= 4 is 10.0 Å². The molecule has 29 heavy (non-hydrogen) atoms. The maximum Gasteiger partial charge on any atom is 0.242 e. The van der Waals surface area contributed by atoms with E-state index in [1.165, 1.54) is 4.31 Å². The van der Waals surface area contributed by atoms with Gasteiger partial charge in [-0.15, -0.1) is 0 Å². The highest BCUT2D eigenvalue weighted by molar-refractivity contribution is 7.89. The van der Waals surface area contributed by atoms with Crippen molar-refractivity contribution in [2.75, 3.05) is 13.6 Å². The van der Waals surface area contributed by atoms with Gasteiger partial charge in [0.2, 0.25) is 10.0 Å². The zero-order valence-corrected chi connectivity index (χ0v) is 18.4. The number of hydrogen-bond acceptors (Lipinski definition) is 5. The highest BCUT2D eigenvalue weighted by atomic mass is 32.2. The van der Waals surface area contributed by atoms with Crippen LogP contribution < -0.4 is 0 Å². The molecule has 0 radical (unpaired) electrons. The van der Waals surface area contributed by atoms with E-state index in [4.69, 9.17) is 0 Å². The van der Waals surface area contributed by atoms with Gasteiger partial charge in [-0.25, -0.2) is 22.7 Å². The number of benzene rings is 1. The number of nitrogens with zero attached hydrogens (tertiary/aromatic N) is 5. The molecule has 0 atom stereocenters. The summed E-state index contributed by atoms with van der Waals surface area (Å²) in [7, 11) is -1.94. The molecule has 2 heterocycles. The van der Waals surface area contributed by atoms with E-state index in [0.29, 0.717) is 30.2 Å². The van der Waals surface area contributed by atoms with Crippen molar-refractivity contribution < 1.29 is 8.42 Å². The van der Waals surface area contributed by atoms with Crippen molar-refractivity contribution in [2.45, 2.75) is 45.6 Å². The Hall–Kier alpha value is -2.58. The Kier molecular flexibility index (Phi) is 6.14. The summed E-state index contributed by atoms with van der Waals surface area (Å²) < 4.78 is 29.3. The largest absolute Gasteiger partial charge is 0.270 e. The minimum Gasteiger partial charge on any atom is -0.270 e. The molecule has 0 aliphatic heterocycles. The molecular weight excluding hydrogens is 386 g/mol. The van der Waals surface area contributed by atoms with Crippen LogP contribution in [0.1, 0.15) is 29.2 Å². The van der Waals surface area contributed by atoms with E-state index in [0.717, 1.165) is 28.1 Å². The first-order valence-electron chi connectivity index (χ1n) is 9.55. The molecule has 0 unspecified atom stereocenters. The van der Waals surface area contributed by atoms with Gasteiger partial charge in [-0.2, -0.15) is 5.10 Å². The first-order valence-corrected chi connectivity index (χ1v) is 11.0. The van der Waals surface area contributed by atoms with Crippen molar-refractivity contribution in [1.29, 1.82) is 0 Å². The van der Waals surface area contributed by atoms with Gasteiger partial charge in [0.05, 0.1) is 10.6 Å². The zero-order chi connectivity index (χ0) is 21.2. The molecule has 7 nitrogen and oxygen atoms in total. The first-order chi connectivity index (χ1) is 13.7. The van der Waals surface area contributed by atoms with E-state index in [1.54, 1.807) is 31.6 Å². The van der Waals surface area contributed by atoms with Gasteiger partial charge in [0, 0.05) is 43.8 Å². The summed E-state index contributed by atoms with van der Waals surface area (Å²) in [5.74, 6) is 0.702. The fraction of sp³-hybridized carbons (Fsp3) is 0.381. The molecule has 0 fully saturated rings. The first kappa shape index (κ1) is 21.1. The average Bonchev–Trinajstić information content (AvgIpc) is 2.99. The SMILES string of the molecule is Cc1cc(C)n(CCCN(C)S(=O)(=O)c2ccc(-c3cnc(C)nc3)c(C)c2)n1. The fourth-order valence-corrected chi connectivity index (χ4v) is 4.59. The third-order valence-corrected chi connectivity index (χ3v) is 6.80. The number of hydrogen-bond donors (Lipinski definition) is 0. The van der Waals surface area contributed by atoms with Gasteiger partial charge in [0.15, 0.2) is 0 Å². The van der Waals surface area contributed by atoms with Crippen LogP contribution in [-0.2, 0) is 16.6 Å². The molecule has 0 N–H and O–H groups in total. The predicted octanol–water partition coefficient (Wildman–Crippen LogP) is 3.28. The van der Waals surface area contributed by atoms with Gasteiger partial charge < -0.3 is 0 Å². The second-order valence-corrected chi connectivity index (χ2v) is 9.37. The minimum atomic E-state index is -3.55. The Morgan fingerprint density at radius 3 is 2.31 bits per heavy atom. The predicted molar refractivity (Wildman–Crippen MR) is 113 cm³/mol. The van der Waals surface area contributed by atoms with Crippen molar-refractivity contribution in [2.24, 2.45) is 0 Å².